The predicted octanol–water partition coefficient (Wildman–Crippen LogP) is 3.83. The van der Waals surface area contributed by atoms with Gasteiger partial charge in [-0.2, -0.15) is 5.10 Å². The van der Waals surface area contributed by atoms with Crippen LogP contribution in [0.3, 0.4) is 0 Å². The number of carbonyl (C=O) groups excluding carboxylic acids is 1. The molecular formula is C22H24FN5OS. The number of hydrogen-bond donors (Lipinski definition) is 0. The maximum Gasteiger partial charge on any atom is 0.203 e. The van der Waals surface area contributed by atoms with Crippen LogP contribution in [0.4, 0.5) is 10.1 Å². The van der Waals surface area contributed by atoms with Crippen molar-refractivity contribution in [3.05, 3.63) is 70.5 Å². The van der Waals surface area contributed by atoms with Crippen LogP contribution in [0, 0.1) is 17.5 Å². The van der Waals surface area contributed by atoms with Gasteiger partial charge in [0, 0.05) is 31.7 Å². The van der Waals surface area contributed by atoms with Crippen LogP contribution in [-0.2, 0) is 6.67 Å². The molecule has 8 heteroatoms. The molecule has 1 fully saturated rings. The van der Waals surface area contributed by atoms with E-state index in [1.807, 2.05) is 32.3 Å². The van der Waals surface area contributed by atoms with Crippen molar-refractivity contribution in [2.45, 2.75) is 20.5 Å². The quantitative estimate of drug-likeness (QED) is 0.459. The van der Waals surface area contributed by atoms with Gasteiger partial charge >= 0.3 is 0 Å². The molecule has 1 saturated heterocycles. The number of aryl methyl sites for hydroxylation is 1. The lowest BCUT2D eigenvalue weighted by molar-refractivity contribution is 0.101. The van der Waals surface area contributed by atoms with Crippen molar-refractivity contribution in [2.24, 2.45) is 0 Å². The van der Waals surface area contributed by atoms with Crippen molar-refractivity contribution < 1.29 is 9.18 Å². The first-order valence-corrected chi connectivity index (χ1v) is 10.3. The lowest BCUT2D eigenvalue weighted by atomic mass is 10.1. The van der Waals surface area contributed by atoms with Crippen LogP contribution < -0.4 is 4.90 Å². The highest BCUT2D eigenvalue weighted by Gasteiger charge is 2.21. The Kier molecular flexibility index (Phi) is 5.78. The third-order valence-corrected chi connectivity index (χ3v) is 5.92. The van der Waals surface area contributed by atoms with E-state index in [9.17, 15) is 9.18 Å². The van der Waals surface area contributed by atoms with E-state index in [-0.39, 0.29) is 11.6 Å². The Morgan fingerprint density at radius 2 is 1.83 bits per heavy atom. The summed E-state index contributed by atoms with van der Waals surface area (Å²) in [6.07, 6.45) is 1.76. The van der Waals surface area contributed by atoms with E-state index in [1.165, 1.54) is 13.0 Å². The van der Waals surface area contributed by atoms with Gasteiger partial charge in [-0.25, -0.2) is 9.07 Å². The summed E-state index contributed by atoms with van der Waals surface area (Å²) in [7, 11) is 0. The van der Waals surface area contributed by atoms with Crippen LogP contribution in [0.1, 0.15) is 22.8 Å². The minimum absolute atomic E-state index is 0.132. The number of rotatable bonds is 5. The Hall–Kier alpha value is -2.84. The molecule has 0 N–H and O–H groups in total. The maximum atomic E-state index is 14.5. The summed E-state index contributed by atoms with van der Waals surface area (Å²) < 4.78 is 18.8. The monoisotopic (exact) mass is 425 g/mol. The molecule has 2 aromatic carbocycles. The lowest BCUT2D eigenvalue weighted by Gasteiger charge is -2.36. The molecule has 1 aliphatic rings. The van der Waals surface area contributed by atoms with Crippen molar-refractivity contribution >= 4 is 23.7 Å². The van der Waals surface area contributed by atoms with Gasteiger partial charge in [-0.3, -0.25) is 14.3 Å². The molecule has 30 heavy (non-hydrogen) atoms. The predicted molar refractivity (Wildman–Crippen MR) is 117 cm³/mol. The summed E-state index contributed by atoms with van der Waals surface area (Å²) in [5.74, 6) is -0.484. The van der Waals surface area contributed by atoms with Crippen molar-refractivity contribution in [1.82, 2.24) is 19.2 Å². The molecule has 0 atom stereocenters. The fourth-order valence-electron chi connectivity index (χ4n) is 3.74. The average molecular weight is 426 g/mol. The number of hydrogen-bond acceptors (Lipinski definition) is 5. The molecule has 0 aliphatic carbocycles. The summed E-state index contributed by atoms with van der Waals surface area (Å²) in [5, 5.41) is 4.47. The first-order chi connectivity index (χ1) is 14.4. The number of para-hydroxylation sites is 1. The van der Waals surface area contributed by atoms with Crippen LogP contribution in [-0.4, -0.2) is 51.2 Å². The van der Waals surface area contributed by atoms with E-state index in [1.54, 1.807) is 18.5 Å². The summed E-state index contributed by atoms with van der Waals surface area (Å²) >= 11 is 5.63. The van der Waals surface area contributed by atoms with E-state index in [4.69, 9.17) is 12.2 Å². The molecule has 1 aromatic heterocycles. The van der Waals surface area contributed by atoms with E-state index in [2.05, 4.69) is 23.0 Å². The van der Waals surface area contributed by atoms with E-state index >= 15 is 0 Å². The molecule has 0 unspecified atom stereocenters. The molecule has 3 aromatic rings. The Morgan fingerprint density at radius 3 is 2.50 bits per heavy atom. The van der Waals surface area contributed by atoms with Gasteiger partial charge < -0.3 is 4.90 Å². The van der Waals surface area contributed by atoms with Gasteiger partial charge in [0.1, 0.15) is 12.1 Å². The molecule has 0 amide bonds. The highest BCUT2D eigenvalue weighted by molar-refractivity contribution is 7.71. The lowest BCUT2D eigenvalue weighted by Crippen LogP contribution is -2.47. The highest BCUT2D eigenvalue weighted by atomic mass is 32.1. The van der Waals surface area contributed by atoms with Crippen molar-refractivity contribution in [3.63, 3.8) is 0 Å². The second-order valence-corrected chi connectivity index (χ2v) is 7.90. The van der Waals surface area contributed by atoms with Gasteiger partial charge in [0.05, 0.1) is 18.0 Å². The summed E-state index contributed by atoms with van der Waals surface area (Å²) in [6, 6.07) is 12.8. The Balaban J connectivity index is 1.42. The van der Waals surface area contributed by atoms with Crippen LogP contribution in [0.15, 0.2) is 48.8 Å². The topological polar surface area (TPSA) is 46.3 Å². The normalized spacial score (nSPS) is 14.8. The van der Waals surface area contributed by atoms with Crippen molar-refractivity contribution in [2.75, 3.05) is 31.1 Å². The summed E-state index contributed by atoms with van der Waals surface area (Å²) in [4.78, 5) is 15.7. The summed E-state index contributed by atoms with van der Waals surface area (Å²) in [6.45, 7) is 7.02. The number of aromatic nitrogens is 3. The first kappa shape index (κ1) is 20.4. The zero-order chi connectivity index (χ0) is 21.3. The number of nitrogens with zero attached hydrogens (tertiary/aromatic N) is 5. The Morgan fingerprint density at radius 1 is 1.10 bits per heavy atom. The Labute approximate surface area is 180 Å². The molecule has 1 aliphatic heterocycles. The largest absolute Gasteiger partial charge is 0.367 e. The van der Waals surface area contributed by atoms with Crippen LogP contribution >= 0.6 is 12.2 Å². The first-order valence-electron chi connectivity index (χ1n) is 9.92. The summed E-state index contributed by atoms with van der Waals surface area (Å²) in [5.41, 5.74) is 3.11. The standard InChI is InChI=1S/C22H24FN5OS/c1-16-5-3-4-6-20(16)27-14-24-28(22(27)30)15-25-9-11-26(12-10-25)21-8-7-18(17(2)29)13-19(21)23/h3-8,13-14H,9-12,15H2,1-2H3. The van der Waals surface area contributed by atoms with Gasteiger partial charge in [-0.15, -0.1) is 0 Å². The molecular weight excluding hydrogens is 401 g/mol. The van der Waals surface area contributed by atoms with Crippen LogP contribution in [0.2, 0.25) is 0 Å². The zero-order valence-electron chi connectivity index (χ0n) is 17.1. The van der Waals surface area contributed by atoms with E-state index in [0.29, 0.717) is 35.8 Å². The van der Waals surface area contributed by atoms with Gasteiger partial charge in [-0.1, -0.05) is 18.2 Å². The second-order valence-electron chi connectivity index (χ2n) is 7.54. The average Bonchev–Trinajstić information content (AvgIpc) is 3.09. The zero-order valence-corrected chi connectivity index (χ0v) is 17.9. The number of anilines is 1. The van der Waals surface area contributed by atoms with Gasteiger partial charge in [0.25, 0.3) is 0 Å². The molecule has 6 nitrogen and oxygen atoms in total. The third-order valence-electron chi connectivity index (χ3n) is 5.51. The molecule has 0 spiro atoms. The minimum Gasteiger partial charge on any atom is -0.367 e. The minimum atomic E-state index is -0.352. The molecule has 156 valence electrons. The fourth-order valence-corrected chi connectivity index (χ4v) is 3.99. The number of ketones is 1. The maximum absolute atomic E-state index is 14.5. The van der Waals surface area contributed by atoms with E-state index < -0.39 is 0 Å². The van der Waals surface area contributed by atoms with Crippen molar-refractivity contribution in [1.29, 1.82) is 0 Å². The fraction of sp³-hybridized carbons (Fsp3) is 0.318. The van der Waals surface area contributed by atoms with Gasteiger partial charge in [0.2, 0.25) is 4.77 Å². The molecule has 0 bridgehead atoms. The van der Waals surface area contributed by atoms with Gasteiger partial charge in [-0.05, 0) is 55.9 Å². The third kappa shape index (κ3) is 4.06. The Bertz CT molecular complexity index is 1130. The molecule has 2 heterocycles. The number of carbonyl (C=O) groups is 1. The molecule has 0 saturated carbocycles. The van der Waals surface area contributed by atoms with E-state index in [0.717, 1.165) is 24.3 Å². The number of halogens is 1. The number of piperazine rings is 1. The highest BCUT2D eigenvalue weighted by Crippen LogP contribution is 2.22. The number of Topliss-reactive ketones (excluding diaryl/α,β-unsaturated/α-hetero) is 1. The van der Waals surface area contributed by atoms with Crippen molar-refractivity contribution in [3.8, 4) is 5.69 Å². The second kappa shape index (κ2) is 8.49. The van der Waals surface area contributed by atoms with Crippen LogP contribution in [0.25, 0.3) is 5.69 Å². The smallest absolute Gasteiger partial charge is 0.203 e. The van der Waals surface area contributed by atoms with Gasteiger partial charge in [0.15, 0.2) is 5.78 Å². The SMILES string of the molecule is CC(=O)c1ccc(N2CCN(Cn3ncn(-c4ccccc4C)c3=S)CC2)c(F)c1. The van der Waals surface area contributed by atoms with Crippen LogP contribution in [0.5, 0.6) is 0 Å². The number of benzene rings is 2. The molecule has 4 rings (SSSR count). The molecule has 0 radical (unpaired) electrons.